The Kier molecular flexibility index (Phi) is 12.2. The van der Waals surface area contributed by atoms with Crippen molar-refractivity contribution >= 4 is 33.5 Å². The molecule has 2 aromatic carbocycles. The number of carbonyl (C=O) groups is 2. The molecule has 3 aromatic rings. The summed E-state index contributed by atoms with van der Waals surface area (Å²) in [5.74, 6) is -2.22. The van der Waals surface area contributed by atoms with Crippen molar-refractivity contribution < 1.29 is 45.7 Å². The van der Waals surface area contributed by atoms with Gasteiger partial charge < -0.3 is 29.6 Å². The van der Waals surface area contributed by atoms with Gasteiger partial charge >= 0.3 is 6.09 Å². The van der Waals surface area contributed by atoms with Gasteiger partial charge in [0.05, 0.1) is 35.1 Å². The van der Waals surface area contributed by atoms with E-state index in [0.717, 1.165) is 40.8 Å². The van der Waals surface area contributed by atoms with E-state index in [1.54, 1.807) is 25.3 Å². The van der Waals surface area contributed by atoms with Gasteiger partial charge in [-0.15, -0.1) is 5.10 Å². The van der Waals surface area contributed by atoms with Crippen LogP contribution in [0.5, 0.6) is 5.75 Å². The van der Waals surface area contributed by atoms with Crippen LogP contribution in [0.4, 0.5) is 25.1 Å². The molecule has 2 aliphatic rings. The van der Waals surface area contributed by atoms with Gasteiger partial charge in [-0.3, -0.25) is 9.69 Å². The van der Waals surface area contributed by atoms with E-state index in [2.05, 4.69) is 20.6 Å². The average Bonchev–Trinajstić information content (AvgIpc) is 3.72. The van der Waals surface area contributed by atoms with Gasteiger partial charge in [-0.05, 0) is 50.2 Å². The molecule has 1 fully saturated rings. The maximum atomic E-state index is 14.0. The second-order valence-corrected chi connectivity index (χ2v) is 13.4. The minimum absolute atomic E-state index is 0.0120. The number of anilines is 2. The van der Waals surface area contributed by atoms with Crippen LogP contribution in [0.3, 0.4) is 0 Å². The third-order valence-corrected chi connectivity index (χ3v) is 9.97. The zero-order chi connectivity index (χ0) is 35.0. The van der Waals surface area contributed by atoms with E-state index in [1.807, 2.05) is 0 Å². The molecule has 1 aromatic heterocycles. The van der Waals surface area contributed by atoms with Crippen LogP contribution >= 0.6 is 0 Å². The van der Waals surface area contributed by atoms with Crippen molar-refractivity contribution in [2.45, 2.75) is 30.7 Å². The molecule has 49 heavy (non-hydrogen) atoms. The van der Waals surface area contributed by atoms with Crippen molar-refractivity contribution in [1.29, 1.82) is 0 Å². The summed E-state index contributed by atoms with van der Waals surface area (Å²) in [7, 11) is -1.38. The standard InChI is InChI=1S/C32H40F2N6O8S/c1-45-13-8-35-28-20-24(47-14-12-38-9-3-4-10-38)5-6-26(28)31(41)36-30-27-21-39(49(43,44)25-18-22(33)17-23(34)19-25)11-7-29(27)40(37-30)32(42)48-16-15-46-2/h5-6,17-20,35H,3-4,7-16,21H2,1-2H3,(H,36,37,41). The first-order valence-electron chi connectivity index (χ1n) is 15.9. The van der Waals surface area contributed by atoms with E-state index < -0.39 is 38.6 Å². The second-order valence-electron chi connectivity index (χ2n) is 11.5. The van der Waals surface area contributed by atoms with Crippen LogP contribution in [-0.4, -0.2) is 113 Å². The number of carbonyl (C=O) groups excluding carboxylic acids is 2. The SMILES string of the molecule is COCCNc1cc(OCCN2CCCC2)ccc1C(=O)Nc1nn(C(=O)OCCOC)c2c1CN(S(=O)(=O)c1cc(F)cc(F)c1)CC2. The molecule has 2 N–H and O–H groups in total. The molecule has 0 saturated carbocycles. The van der Waals surface area contributed by atoms with E-state index in [-0.39, 0.29) is 49.7 Å². The van der Waals surface area contributed by atoms with Crippen molar-refractivity contribution in [2.24, 2.45) is 0 Å². The van der Waals surface area contributed by atoms with E-state index in [4.69, 9.17) is 18.9 Å². The fraction of sp³-hybridized carbons (Fsp3) is 0.469. The first-order chi connectivity index (χ1) is 23.6. The molecule has 2 aliphatic heterocycles. The maximum absolute atomic E-state index is 14.0. The molecule has 0 unspecified atom stereocenters. The highest BCUT2D eigenvalue weighted by atomic mass is 32.2. The molecule has 0 radical (unpaired) electrons. The summed E-state index contributed by atoms with van der Waals surface area (Å²) in [5, 5.41) is 10.2. The van der Waals surface area contributed by atoms with Crippen molar-refractivity contribution in [3.05, 3.63) is 64.9 Å². The fourth-order valence-electron chi connectivity index (χ4n) is 5.67. The third-order valence-electron chi connectivity index (χ3n) is 8.15. The van der Waals surface area contributed by atoms with Gasteiger partial charge in [-0.25, -0.2) is 22.0 Å². The molecule has 0 atom stereocenters. The predicted octanol–water partition coefficient (Wildman–Crippen LogP) is 3.32. The maximum Gasteiger partial charge on any atom is 0.435 e. The normalized spacial score (nSPS) is 15.2. The number of aromatic nitrogens is 2. The van der Waals surface area contributed by atoms with Gasteiger partial charge in [0, 0.05) is 64.5 Å². The highest BCUT2D eigenvalue weighted by molar-refractivity contribution is 7.89. The van der Waals surface area contributed by atoms with Crippen LogP contribution in [0, 0.1) is 11.6 Å². The van der Waals surface area contributed by atoms with Crippen molar-refractivity contribution in [3.63, 3.8) is 0 Å². The quantitative estimate of drug-likeness (QED) is 0.224. The van der Waals surface area contributed by atoms with E-state index in [0.29, 0.717) is 43.0 Å². The highest BCUT2D eigenvalue weighted by Gasteiger charge is 2.35. The topological polar surface area (TPSA) is 154 Å². The van der Waals surface area contributed by atoms with Crippen LogP contribution in [0.2, 0.25) is 0 Å². The number of hydrogen-bond acceptors (Lipinski definition) is 11. The Labute approximate surface area is 283 Å². The molecule has 266 valence electrons. The zero-order valence-corrected chi connectivity index (χ0v) is 28.2. The summed E-state index contributed by atoms with van der Waals surface area (Å²) in [6.45, 7) is 3.69. The first-order valence-corrected chi connectivity index (χ1v) is 17.3. The molecular weight excluding hydrogens is 666 g/mol. The lowest BCUT2D eigenvalue weighted by Gasteiger charge is -2.27. The third kappa shape index (κ3) is 8.90. The molecule has 0 aliphatic carbocycles. The molecule has 17 heteroatoms. The number of benzene rings is 2. The fourth-order valence-corrected chi connectivity index (χ4v) is 7.12. The number of nitrogens with one attached hydrogen (secondary N) is 2. The Morgan fingerprint density at radius 3 is 2.39 bits per heavy atom. The molecule has 1 amide bonds. The largest absolute Gasteiger partial charge is 0.492 e. The van der Waals surface area contributed by atoms with E-state index >= 15 is 0 Å². The Bertz CT molecular complexity index is 1730. The van der Waals surface area contributed by atoms with Gasteiger partial charge in [0.2, 0.25) is 10.0 Å². The lowest BCUT2D eigenvalue weighted by atomic mass is 10.1. The Hall–Kier alpha value is -4.16. The van der Waals surface area contributed by atoms with Gasteiger partial charge in [0.1, 0.15) is 30.6 Å². The molecular formula is C32H40F2N6O8S. The summed E-state index contributed by atoms with van der Waals surface area (Å²) in [6.07, 6.45) is 1.49. The number of halogens is 2. The van der Waals surface area contributed by atoms with Crippen LogP contribution in [0.25, 0.3) is 0 Å². The number of sulfonamides is 1. The minimum Gasteiger partial charge on any atom is -0.492 e. The molecule has 1 saturated heterocycles. The number of fused-ring (bicyclic) bond motifs is 1. The van der Waals surface area contributed by atoms with Gasteiger partial charge in [0.25, 0.3) is 5.91 Å². The number of methoxy groups -OCH3 is 2. The lowest BCUT2D eigenvalue weighted by molar-refractivity contribution is 0.0967. The number of likely N-dealkylation sites (tertiary alicyclic amines) is 1. The number of ether oxygens (including phenoxy) is 4. The Morgan fingerprint density at radius 1 is 0.939 bits per heavy atom. The van der Waals surface area contributed by atoms with E-state index in [9.17, 15) is 26.8 Å². The second kappa shape index (κ2) is 16.5. The van der Waals surface area contributed by atoms with Crippen LogP contribution < -0.4 is 15.4 Å². The summed E-state index contributed by atoms with van der Waals surface area (Å²) < 4.78 is 78.2. The molecule has 3 heterocycles. The summed E-state index contributed by atoms with van der Waals surface area (Å²) in [5.41, 5.74) is 1.22. The van der Waals surface area contributed by atoms with E-state index in [1.165, 1.54) is 20.0 Å². The molecule has 14 nitrogen and oxygen atoms in total. The molecule has 0 bridgehead atoms. The smallest absolute Gasteiger partial charge is 0.435 e. The number of hydrogen-bond donors (Lipinski definition) is 2. The molecule has 5 rings (SSSR count). The van der Waals surface area contributed by atoms with Crippen LogP contribution in [-0.2, 0) is 37.2 Å². The number of rotatable bonds is 15. The Morgan fingerprint density at radius 2 is 1.67 bits per heavy atom. The zero-order valence-electron chi connectivity index (χ0n) is 27.4. The van der Waals surface area contributed by atoms with Gasteiger partial charge in [-0.2, -0.15) is 8.99 Å². The monoisotopic (exact) mass is 706 g/mol. The highest BCUT2D eigenvalue weighted by Crippen LogP contribution is 2.32. The Balaban J connectivity index is 1.42. The lowest BCUT2D eigenvalue weighted by Crippen LogP contribution is -2.37. The van der Waals surface area contributed by atoms with Crippen molar-refractivity contribution in [1.82, 2.24) is 19.0 Å². The van der Waals surface area contributed by atoms with Crippen LogP contribution in [0.1, 0.15) is 34.5 Å². The van der Waals surface area contributed by atoms with Gasteiger partial charge in [0.15, 0.2) is 5.82 Å². The van der Waals surface area contributed by atoms with Crippen LogP contribution in [0.15, 0.2) is 41.3 Å². The number of nitrogens with zero attached hydrogens (tertiary/aromatic N) is 4. The summed E-state index contributed by atoms with van der Waals surface area (Å²) >= 11 is 0. The van der Waals surface area contributed by atoms with Crippen molar-refractivity contribution in [3.8, 4) is 5.75 Å². The summed E-state index contributed by atoms with van der Waals surface area (Å²) in [4.78, 5) is 28.6. The van der Waals surface area contributed by atoms with Crippen molar-refractivity contribution in [2.75, 3.05) is 84.0 Å². The molecule has 0 spiro atoms. The average molecular weight is 707 g/mol. The van der Waals surface area contributed by atoms with Gasteiger partial charge in [-0.1, -0.05) is 0 Å². The number of amides is 1. The predicted molar refractivity (Wildman–Crippen MR) is 174 cm³/mol. The summed E-state index contributed by atoms with van der Waals surface area (Å²) in [6, 6.07) is 7.01. The first kappa shape index (κ1) is 36.1. The minimum atomic E-state index is -4.38.